The molecular weight excluding hydrogens is 703 g/mol. The Morgan fingerprint density at radius 3 is 1.45 bits per heavy atom. The number of para-hydroxylation sites is 4. The molecule has 0 aliphatic heterocycles. The van der Waals surface area contributed by atoms with Crippen molar-refractivity contribution in [1.82, 2.24) is 23.9 Å². The molecule has 0 atom stereocenters. The van der Waals surface area contributed by atoms with Crippen LogP contribution in [0.15, 0.2) is 188 Å². The molecule has 5 nitrogen and oxygen atoms in total. The van der Waals surface area contributed by atoms with Crippen LogP contribution >= 0.6 is 11.3 Å². The predicted molar refractivity (Wildman–Crippen MR) is 234 cm³/mol. The van der Waals surface area contributed by atoms with Crippen LogP contribution in [0.1, 0.15) is 0 Å². The van der Waals surface area contributed by atoms with Crippen LogP contribution in [0, 0.1) is 0 Å². The van der Waals surface area contributed by atoms with Gasteiger partial charge in [0.25, 0.3) is 0 Å². The van der Waals surface area contributed by atoms with Gasteiger partial charge in [-0.2, -0.15) is 0 Å². The molecule has 0 saturated heterocycles. The lowest BCUT2D eigenvalue weighted by Gasteiger charge is -2.17. The summed E-state index contributed by atoms with van der Waals surface area (Å²) in [6, 6.07) is 67.2. The van der Waals surface area contributed by atoms with E-state index in [2.05, 4.69) is 190 Å². The highest BCUT2D eigenvalue weighted by Gasteiger charge is 2.24. The van der Waals surface area contributed by atoms with Crippen molar-refractivity contribution >= 4 is 75.1 Å². The van der Waals surface area contributed by atoms with E-state index in [9.17, 15) is 0 Å². The molecule has 0 saturated carbocycles. The van der Waals surface area contributed by atoms with Gasteiger partial charge in [0.2, 0.25) is 0 Å². The average molecular weight is 734 g/mol. The fourth-order valence-corrected chi connectivity index (χ4v) is 10.1. The third-order valence-electron chi connectivity index (χ3n) is 11.2. The van der Waals surface area contributed by atoms with E-state index in [1.54, 1.807) is 0 Å². The summed E-state index contributed by atoms with van der Waals surface area (Å²) in [4.78, 5) is 0. The Bertz CT molecular complexity index is 3420. The van der Waals surface area contributed by atoms with Crippen molar-refractivity contribution in [2.24, 2.45) is 0 Å². The maximum absolute atomic E-state index is 4.84. The van der Waals surface area contributed by atoms with Gasteiger partial charge < -0.3 is 9.13 Å². The zero-order valence-electron chi connectivity index (χ0n) is 30.0. The fraction of sp³-hybridized carbons (Fsp3) is 0. The Morgan fingerprint density at radius 1 is 0.321 bits per heavy atom. The van der Waals surface area contributed by atoms with E-state index in [1.807, 2.05) is 23.5 Å². The van der Waals surface area contributed by atoms with Crippen molar-refractivity contribution in [3.05, 3.63) is 188 Å². The minimum Gasteiger partial charge on any atom is -0.307 e. The molecule has 12 rings (SSSR count). The van der Waals surface area contributed by atoms with Gasteiger partial charge in [0.05, 0.1) is 39.1 Å². The molecule has 12 aromatic rings. The van der Waals surface area contributed by atoms with Gasteiger partial charge >= 0.3 is 0 Å². The van der Waals surface area contributed by atoms with Crippen LogP contribution in [-0.4, -0.2) is 23.9 Å². The standard InChI is InChI=1S/C50H31N5S/c1-3-16-32(17-4-1)49-51-52-50(33-18-5-2-6-19-33)55(49)43-28-15-27-42-46(43)36-21-7-10-23-38(36)53(42)40-25-12-13-26-41(40)54-39-24-11-8-22-37(39)47-44(54)31-30-35-34-20-9-14-29-45(34)56-48(35)47/h1-31H. The van der Waals surface area contributed by atoms with Gasteiger partial charge in [-0.3, -0.25) is 4.57 Å². The number of nitrogens with zero attached hydrogens (tertiary/aromatic N) is 5. The molecule has 8 aromatic carbocycles. The maximum Gasteiger partial charge on any atom is 0.168 e. The fourth-order valence-electron chi connectivity index (χ4n) is 8.84. The molecule has 0 unspecified atom stereocenters. The molecule has 4 heterocycles. The SMILES string of the molecule is c1ccc(-c2nnc(-c3ccccc3)n2-c2cccc3c2c2ccccc2n3-c2ccccc2-n2c3ccccc3c3c4sc5ccccc5c4ccc32)cc1. The first-order valence-electron chi connectivity index (χ1n) is 18.9. The number of fused-ring (bicyclic) bond motifs is 10. The molecular formula is C50H31N5S. The second-order valence-corrected chi connectivity index (χ2v) is 15.3. The number of hydrogen-bond donors (Lipinski definition) is 0. The lowest BCUT2D eigenvalue weighted by Crippen LogP contribution is -2.04. The summed E-state index contributed by atoms with van der Waals surface area (Å²) in [5, 5.41) is 17.1. The minimum atomic E-state index is 0.798. The van der Waals surface area contributed by atoms with Crippen molar-refractivity contribution in [3.63, 3.8) is 0 Å². The number of benzene rings is 8. The molecule has 0 N–H and O–H groups in total. The highest BCUT2D eigenvalue weighted by Crippen LogP contribution is 2.45. The first-order valence-corrected chi connectivity index (χ1v) is 19.7. The van der Waals surface area contributed by atoms with Crippen molar-refractivity contribution in [1.29, 1.82) is 0 Å². The van der Waals surface area contributed by atoms with Gasteiger partial charge in [-0.15, -0.1) is 21.5 Å². The highest BCUT2D eigenvalue weighted by atomic mass is 32.1. The van der Waals surface area contributed by atoms with Crippen molar-refractivity contribution in [3.8, 4) is 39.8 Å². The number of aromatic nitrogens is 5. The van der Waals surface area contributed by atoms with Crippen LogP contribution < -0.4 is 0 Å². The van der Waals surface area contributed by atoms with Gasteiger partial charge in [0.1, 0.15) is 0 Å². The van der Waals surface area contributed by atoms with Crippen LogP contribution in [0.3, 0.4) is 0 Å². The summed E-state index contributed by atoms with van der Waals surface area (Å²) >= 11 is 1.89. The molecule has 0 aliphatic carbocycles. The molecule has 0 bridgehead atoms. The second-order valence-electron chi connectivity index (χ2n) is 14.2. The van der Waals surface area contributed by atoms with E-state index >= 15 is 0 Å². The van der Waals surface area contributed by atoms with Crippen LogP contribution in [0.2, 0.25) is 0 Å². The van der Waals surface area contributed by atoms with E-state index < -0.39 is 0 Å². The molecule has 262 valence electrons. The smallest absolute Gasteiger partial charge is 0.168 e. The van der Waals surface area contributed by atoms with Gasteiger partial charge in [-0.1, -0.05) is 140 Å². The first-order chi connectivity index (χ1) is 27.8. The summed E-state index contributed by atoms with van der Waals surface area (Å²) in [5.41, 5.74) is 9.88. The van der Waals surface area contributed by atoms with E-state index in [0.29, 0.717) is 0 Å². The molecule has 0 aliphatic rings. The Kier molecular flexibility index (Phi) is 6.73. The van der Waals surface area contributed by atoms with Gasteiger partial charge in [0.15, 0.2) is 11.6 Å². The quantitative estimate of drug-likeness (QED) is 0.177. The van der Waals surface area contributed by atoms with Crippen LogP contribution in [0.4, 0.5) is 0 Å². The Labute approximate surface area is 325 Å². The lowest BCUT2D eigenvalue weighted by molar-refractivity contribution is 1.08. The maximum atomic E-state index is 4.84. The molecule has 6 heteroatoms. The normalized spacial score (nSPS) is 11.9. The Hall–Kier alpha value is -7.28. The highest BCUT2D eigenvalue weighted by molar-refractivity contribution is 7.26. The van der Waals surface area contributed by atoms with Crippen LogP contribution in [-0.2, 0) is 0 Å². The van der Waals surface area contributed by atoms with Gasteiger partial charge in [0, 0.05) is 52.8 Å². The van der Waals surface area contributed by atoms with Crippen LogP contribution in [0.25, 0.3) is 104 Å². The molecule has 0 radical (unpaired) electrons. The topological polar surface area (TPSA) is 40.6 Å². The summed E-state index contributed by atoms with van der Waals surface area (Å²) < 4.78 is 9.78. The average Bonchev–Trinajstić information content (AvgIpc) is 4.04. The van der Waals surface area contributed by atoms with E-state index in [4.69, 9.17) is 10.2 Å². The van der Waals surface area contributed by atoms with Crippen LogP contribution in [0.5, 0.6) is 0 Å². The monoisotopic (exact) mass is 733 g/mol. The summed E-state index contributed by atoms with van der Waals surface area (Å²) in [5.74, 6) is 1.60. The third-order valence-corrected chi connectivity index (χ3v) is 12.4. The summed E-state index contributed by atoms with van der Waals surface area (Å²) in [7, 11) is 0. The molecule has 0 spiro atoms. The van der Waals surface area contributed by atoms with Crippen molar-refractivity contribution in [2.45, 2.75) is 0 Å². The van der Waals surface area contributed by atoms with E-state index in [1.165, 1.54) is 42.0 Å². The summed E-state index contributed by atoms with van der Waals surface area (Å²) in [6.07, 6.45) is 0. The Balaban J connectivity index is 1.17. The van der Waals surface area contributed by atoms with Gasteiger partial charge in [-0.05, 0) is 48.5 Å². The van der Waals surface area contributed by atoms with E-state index in [-0.39, 0.29) is 0 Å². The largest absolute Gasteiger partial charge is 0.307 e. The molecule has 0 fully saturated rings. The van der Waals surface area contributed by atoms with Crippen molar-refractivity contribution in [2.75, 3.05) is 0 Å². The number of rotatable bonds is 5. The zero-order chi connectivity index (χ0) is 36.7. The first kappa shape index (κ1) is 31.1. The Morgan fingerprint density at radius 2 is 0.804 bits per heavy atom. The zero-order valence-corrected chi connectivity index (χ0v) is 30.9. The summed E-state index contributed by atoms with van der Waals surface area (Å²) in [6.45, 7) is 0. The lowest BCUT2D eigenvalue weighted by atomic mass is 10.1. The second kappa shape index (κ2) is 12.1. The number of thiophene rings is 1. The molecule has 56 heavy (non-hydrogen) atoms. The number of hydrogen-bond acceptors (Lipinski definition) is 3. The molecule has 4 aromatic heterocycles. The predicted octanol–water partition coefficient (Wildman–Crippen LogP) is 13.2. The molecule has 0 amide bonds. The van der Waals surface area contributed by atoms with E-state index in [0.717, 1.165) is 61.6 Å². The third kappa shape index (κ3) is 4.42. The van der Waals surface area contributed by atoms with Crippen molar-refractivity contribution < 1.29 is 0 Å². The van der Waals surface area contributed by atoms with Gasteiger partial charge in [-0.25, -0.2) is 0 Å². The minimum absolute atomic E-state index is 0.798.